The van der Waals surface area contributed by atoms with Crippen molar-refractivity contribution in [2.75, 3.05) is 19.1 Å². The van der Waals surface area contributed by atoms with E-state index in [0.717, 1.165) is 0 Å². The molecule has 7 heteroatoms. The van der Waals surface area contributed by atoms with E-state index in [2.05, 4.69) is 6.58 Å². The quantitative estimate of drug-likeness (QED) is 0.448. The Kier molecular flexibility index (Phi) is 5.01. The van der Waals surface area contributed by atoms with Crippen LogP contribution in [-0.4, -0.2) is 31.9 Å². The van der Waals surface area contributed by atoms with Gasteiger partial charge in [0.05, 0.1) is 37.1 Å². The van der Waals surface area contributed by atoms with Gasteiger partial charge in [-0.2, -0.15) is 0 Å². The van der Waals surface area contributed by atoms with Gasteiger partial charge >= 0.3 is 5.97 Å². The number of carbonyl (C=O) groups excluding carboxylic acids is 3. The number of carbonyl (C=O) groups is 3. The van der Waals surface area contributed by atoms with E-state index in [9.17, 15) is 14.4 Å². The first-order valence-corrected chi connectivity index (χ1v) is 8.35. The Bertz CT molecular complexity index is 951. The summed E-state index contributed by atoms with van der Waals surface area (Å²) >= 11 is 5.95. The number of Topliss-reactive ketones (excluding diaryl/α,β-unsaturated/α-hetero) is 1. The highest BCUT2D eigenvalue weighted by Gasteiger charge is 2.43. The molecule has 6 nitrogen and oxygen atoms in total. The molecule has 2 aromatic rings. The largest absolute Gasteiger partial charge is 0.497 e. The lowest BCUT2D eigenvalue weighted by atomic mass is 9.97. The van der Waals surface area contributed by atoms with Gasteiger partial charge in [0.2, 0.25) is 0 Å². The maximum Gasteiger partial charge on any atom is 0.335 e. The van der Waals surface area contributed by atoms with Crippen LogP contribution in [0.2, 0.25) is 5.02 Å². The Labute approximate surface area is 160 Å². The standard InChI is InChI=1S/C20H16ClNO5/c1-11(20(25)27-3)17(12-4-6-13(21)7-5-12)22-16-9-8-14(26-2)10-15(16)18(23)19(22)24/h4-10,17H,1H2,2-3H3/t17-/m1/s1. The molecule has 0 N–H and O–H groups in total. The molecule has 1 heterocycles. The number of ether oxygens (including phenoxy) is 2. The van der Waals surface area contributed by atoms with Crippen LogP contribution in [0, 0.1) is 0 Å². The number of amides is 1. The van der Waals surface area contributed by atoms with Crippen LogP contribution in [0.3, 0.4) is 0 Å². The van der Waals surface area contributed by atoms with Crippen LogP contribution in [0.25, 0.3) is 0 Å². The van der Waals surface area contributed by atoms with Crippen molar-refractivity contribution in [1.82, 2.24) is 0 Å². The second-order valence-corrected chi connectivity index (χ2v) is 6.29. The Morgan fingerprint density at radius 2 is 1.78 bits per heavy atom. The minimum absolute atomic E-state index is 0.0182. The predicted octanol–water partition coefficient (Wildman–Crippen LogP) is 3.35. The molecule has 138 valence electrons. The number of esters is 1. The molecule has 2 aromatic carbocycles. The molecule has 0 aliphatic carbocycles. The Morgan fingerprint density at radius 1 is 1.11 bits per heavy atom. The Hall–Kier alpha value is -3.12. The van der Waals surface area contributed by atoms with Gasteiger partial charge in [0.25, 0.3) is 11.7 Å². The molecule has 0 fully saturated rings. The van der Waals surface area contributed by atoms with Crippen molar-refractivity contribution in [2.24, 2.45) is 0 Å². The summed E-state index contributed by atoms with van der Waals surface area (Å²) in [5, 5.41) is 0.496. The van der Waals surface area contributed by atoms with Crippen LogP contribution in [0.4, 0.5) is 5.69 Å². The third-order valence-corrected chi connectivity index (χ3v) is 4.59. The highest BCUT2D eigenvalue weighted by Crippen LogP contribution is 2.40. The van der Waals surface area contributed by atoms with Crippen molar-refractivity contribution < 1.29 is 23.9 Å². The fourth-order valence-electron chi connectivity index (χ4n) is 3.02. The summed E-state index contributed by atoms with van der Waals surface area (Å²) in [7, 11) is 2.69. The molecule has 3 rings (SSSR count). The SMILES string of the molecule is C=C(C(=O)OC)[C@H](c1ccc(Cl)cc1)N1C(=O)C(=O)c2cc(OC)ccc21. The first-order chi connectivity index (χ1) is 12.9. The number of fused-ring (bicyclic) bond motifs is 1. The molecule has 1 amide bonds. The van der Waals surface area contributed by atoms with E-state index in [4.69, 9.17) is 21.1 Å². The van der Waals surface area contributed by atoms with Crippen molar-refractivity contribution in [3.8, 4) is 5.75 Å². The molecule has 1 atom stereocenters. The van der Waals surface area contributed by atoms with Gasteiger partial charge in [-0.15, -0.1) is 0 Å². The molecule has 0 saturated heterocycles. The van der Waals surface area contributed by atoms with Crippen molar-refractivity contribution in [3.63, 3.8) is 0 Å². The van der Waals surface area contributed by atoms with E-state index in [0.29, 0.717) is 22.0 Å². The minimum Gasteiger partial charge on any atom is -0.497 e. The highest BCUT2D eigenvalue weighted by molar-refractivity contribution is 6.52. The van der Waals surface area contributed by atoms with E-state index in [1.165, 1.54) is 25.2 Å². The molecule has 0 radical (unpaired) electrons. The van der Waals surface area contributed by atoms with Crippen LogP contribution in [0.1, 0.15) is 22.0 Å². The van der Waals surface area contributed by atoms with Crippen molar-refractivity contribution in [3.05, 3.63) is 70.8 Å². The zero-order valence-electron chi connectivity index (χ0n) is 14.7. The summed E-state index contributed by atoms with van der Waals surface area (Å²) in [6.45, 7) is 3.80. The molecular weight excluding hydrogens is 370 g/mol. The summed E-state index contributed by atoms with van der Waals surface area (Å²) in [4.78, 5) is 38.7. The highest BCUT2D eigenvalue weighted by atomic mass is 35.5. The maximum atomic E-state index is 12.8. The second kappa shape index (κ2) is 7.25. The molecular formula is C20H16ClNO5. The van der Waals surface area contributed by atoms with Crippen molar-refractivity contribution in [2.45, 2.75) is 6.04 Å². The van der Waals surface area contributed by atoms with Gasteiger partial charge in [-0.1, -0.05) is 30.3 Å². The lowest BCUT2D eigenvalue weighted by Gasteiger charge is -2.29. The number of hydrogen-bond acceptors (Lipinski definition) is 5. The number of anilines is 1. The number of nitrogens with zero attached hydrogens (tertiary/aromatic N) is 1. The van der Waals surface area contributed by atoms with Crippen LogP contribution in [0.5, 0.6) is 5.75 Å². The third kappa shape index (κ3) is 3.19. The first-order valence-electron chi connectivity index (χ1n) is 7.97. The van der Waals surface area contributed by atoms with Gasteiger partial charge in [0, 0.05) is 5.02 Å². The van der Waals surface area contributed by atoms with Crippen LogP contribution >= 0.6 is 11.6 Å². The molecule has 1 aliphatic heterocycles. The molecule has 1 aliphatic rings. The fourth-order valence-corrected chi connectivity index (χ4v) is 3.14. The van der Waals surface area contributed by atoms with E-state index in [1.54, 1.807) is 36.4 Å². The van der Waals surface area contributed by atoms with Crippen LogP contribution in [0.15, 0.2) is 54.6 Å². The summed E-state index contributed by atoms with van der Waals surface area (Å²) in [6.07, 6.45) is 0. The normalized spacial score (nSPS) is 14.0. The summed E-state index contributed by atoms with van der Waals surface area (Å²) < 4.78 is 9.91. The minimum atomic E-state index is -0.916. The average Bonchev–Trinajstić information content (AvgIpc) is 2.93. The van der Waals surface area contributed by atoms with E-state index in [-0.39, 0.29) is 11.1 Å². The lowest BCUT2D eigenvalue weighted by Crippen LogP contribution is -2.36. The zero-order chi connectivity index (χ0) is 19.7. The molecule has 0 aromatic heterocycles. The Morgan fingerprint density at radius 3 is 2.37 bits per heavy atom. The molecule has 0 saturated carbocycles. The smallest absolute Gasteiger partial charge is 0.335 e. The summed E-state index contributed by atoms with van der Waals surface area (Å²) in [5.74, 6) is -1.67. The first kappa shape index (κ1) is 18.7. The number of rotatable bonds is 5. The van der Waals surface area contributed by atoms with E-state index >= 15 is 0 Å². The fraction of sp³-hybridized carbons (Fsp3) is 0.150. The lowest BCUT2D eigenvalue weighted by molar-refractivity contribution is -0.136. The van der Waals surface area contributed by atoms with Gasteiger partial charge in [0.15, 0.2) is 0 Å². The predicted molar refractivity (Wildman–Crippen MR) is 100 cm³/mol. The van der Waals surface area contributed by atoms with Gasteiger partial charge in [-0.25, -0.2) is 4.79 Å². The number of ketones is 1. The van der Waals surface area contributed by atoms with Crippen LogP contribution < -0.4 is 9.64 Å². The number of benzene rings is 2. The zero-order valence-corrected chi connectivity index (χ0v) is 15.4. The van der Waals surface area contributed by atoms with Gasteiger partial charge in [-0.3, -0.25) is 14.5 Å². The molecule has 0 spiro atoms. The third-order valence-electron chi connectivity index (χ3n) is 4.34. The Balaban J connectivity index is 2.17. The van der Waals surface area contributed by atoms with Crippen molar-refractivity contribution in [1.29, 1.82) is 0 Å². The number of methoxy groups -OCH3 is 2. The molecule has 0 unspecified atom stereocenters. The summed E-state index contributed by atoms with van der Waals surface area (Å²) in [6, 6.07) is 10.4. The van der Waals surface area contributed by atoms with Gasteiger partial charge in [-0.05, 0) is 35.9 Å². The summed E-state index contributed by atoms with van der Waals surface area (Å²) in [5.41, 5.74) is 1.16. The van der Waals surface area contributed by atoms with Gasteiger partial charge in [0.1, 0.15) is 5.75 Å². The maximum absolute atomic E-state index is 12.8. The average molecular weight is 386 g/mol. The van der Waals surface area contributed by atoms with Gasteiger partial charge < -0.3 is 9.47 Å². The van der Waals surface area contributed by atoms with E-state index in [1.807, 2.05) is 0 Å². The number of hydrogen-bond donors (Lipinski definition) is 0. The molecule has 0 bridgehead atoms. The second-order valence-electron chi connectivity index (χ2n) is 5.86. The molecule has 27 heavy (non-hydrogen) atoms. The monoisotopic (exact) mass is 385 g/mol. The van der Waals surface area contributed by atoms with Crippen molar-refractivity contribution >= 4 is 34.9 Å². The van der Waals surface area contributed by atoms with E-state index < -0.39 is 23.7 Å². The number of halogens is 1. The topological polar surface area (TPSA) is 72.9 Å². The van der Waals surface area contributed by atoms with Crippen LogP contribution in [-0.2, 0) is 14.3 Å².